The maximum absolute atomic E-state index is 5.69. The van der Waals surface area contributed by atoms with Gasteiger partial charge in [0.25, 0.3) is 0 Å². The molecule has 0 aliphatic carbocycles. The van der Waals surface area contributed by atoms with Gasteiger partial charge in [0.2, 0.25) is 0 Å². The number of thioether (sulfide) groups is 1. The van der Waals surface area contributed by atoms with Gasteiger partial charge in [-0.3, -0.25) is 0 Å². The van der Waals surface area contributed by atoms with Crippen molar-refractivity contribution < 1.29 is 4.74 Å². The Kier molecular flexibility index (Phi) is 2.33. The molecule has 1 aromatic rings. The lowest BCUT2D eigenvalue weighted by molar-refractivity contribution is 0.0455. The smallest absolute Gasteiger partial charge is 0.0611 e. The first-order valence-corrected chi connectivity index (χ1v) is 5.03. The van der Waals surface area contributed by atoms with E-state index in [2.05, 4.69) is 0 Å². The summed E-state index contributed by atoms with van der Waals surface area (Å²) < 4.78 is 5.08. The van der Waals surface area contributed by atoms with Crippen molar-refractivity contribution in [1.82, 2.24) is 0 Å². The Labute approximate surface area is 81.4 Å². The Morgan fingerprint density at radius 1 is 1.23 bits per heavy atom. The third-order valence-electron chi connectivity index (χ3n) is 1.97. The number of hydrogen-bond acceptors (Lipinski definition) is 4. The van der Waals surface area contributed by atoms with Crippen molar-refractivity contribution in [1.29, 1.82) is 0 Å². The first kappa shape index (κ1) is 8.72. The van der Waals surface area contributed by atoms with Crippen LogP contribution < -0.4 is 11.5 Å². The van der Waals surface area contributed by atoms with Crippen molar-refractivity contribution in [3.63, 3.8) is 0 Å². The second-order valence-corrected chi connectivity index (χ2v) is 4.44. The van der Waals surface area contributed by atoms with Gasteiger partial charge in [-0.05, 0) is 18.2 Å². The van der Waals surface area contributed by atoms with E-state index >= 15 is 0 Å². The fraction of sp³-hybridized carbons (Fsp3) is 0.333. The van der Waals surface area contributed by atoms with E-state index in [1.807, 2.05) is 18.2 Å². The van der Waals surface area contributed by atoms with Gasteiger partial charge in [0.1, 0.15) is 0 Å². The lowest BCUT2D eigenvalue weighted by Gasteiger charge is -2.25. The predicted octanol–water partition coefficient (Wildman–Crippen LogP) is 1.34. The van der Waals surface area contributed by atoms with Gasteiger partial charge in [0.15, 0.2) is 0 Å². The van der Waals surface area contributed by atoms with Gasteiger partial charge in [0.05, 0.1) is 29.8 Å². The van der Waals surface area contributed by atoms with Crippen LogP contribution in [0, 0.1) is 0 Å². The quantitative estimate of drug-likeness (QED) is 0.701. The molecule has 0 amide bonds. The third kappa shape index (κ3) is 1.89. The molecule has 13 heavy (non-hydrogen) atoms. The largest absolute Gasteiger partial charge is 0.397 e. The van der Waals surface area contributed by atoms with Crippen molar-refractivity contribution >= 4 is 23.1 Å². The van der Waals surface area contributed by atoms with E-state index in [0.29, 0.717) is 16.6 Å². The molecule has 0 unspecified atom stereocenters. The molecule has 0 saturated carbocycles. The second kappa shape index (κ2) is 3.47. The molecule has 1 fully saturated rings. The highest BCUT2D eigenvalue weighted by atomic mass is 32.2. The number of benzene rings is 1. The number of nitrogen functional groups attached to an aromatic ring is 2. The standard InChI is InChI=1S/C9H12N2OS/c10-8-2-1-6(3-9(8)11)13-7-4-12-5-7/h1-3,7H,4-5,10-11H2. The molecule has 0 aromatic heterocycles. The van der Waals surface area contributed by atoms with Gasteiger partial charge >= 0.3 is 0 Å². The molecule has 1 heterocycles. The van der Waals surface area contributed by atoms with Gasteiger partial charge in [-0.25, -0.2) is 0 Å². The second-order valence-electron chi connectivity index (χ2n) is 3.07. The van der Waals surface area contributed by atoms with Crippen LogP contribution in [-0.2, 0) is 4.74 Å². The van der Waals surface area contributed by atoms with E-state index in [9.17, 15) is 0 Å². The summed E-state index contributed by atoms with van der Waals surface area (Å²) in [5, 5.41) is 0.586. The normalized spacial score (nSPS) is 16.9. The summed E-state index contributed by atoms with van der Waals surface area (Å²) in [7, 11) is 0. The highest BCUT2D eigenvalue weighted by Crippen LogP contribution is 2.30. The Bertz CT molecular complexity index is 312. The summed E-state index contributed by atoms with van der Waals surface area (Å²) in [6, 6.07) is 5.75. The van der Waals surface area contributed by atoms with Crippen molar-refractivity contribution in [3.8, 4) is 0 Å². The molecule has 1 aliphatic rings. The summed E-state index contributed by atoms with van der Waals surface area (Å²) in [6.07, 6.45) is 0. The maximum atomic E-state index is 5.69. The maximum Gasteiger partial charge on any atom is 0.0611 e. The Balaban J connectivity index is 2.07. The summed E-state index contributed by atoms with van der Waals surface area (Å²) in [5.41, 5.74) is 12.6. The fourth-order valence-corrected chi connectivity index (χ4v) is 2.16. The molecule has 1 aromatic carbocycles. The third-order valence-corrected chi connectivity index (χ3v) is 3.10. The molecule has 70 valence electrons. The SMILES string of the molecule is Nc1ccc(SC2COC2)cc1N. The minimum absolute atomic E-state index is 0.586. The monoisotopic (exact) mass is 196 g/mol. The van der Waals surface area contributed by atoms with Crippen molar-refractivity contribution in [2.24, 2.45) is 0 Å². The van der Waals surface area contributed by atoms with Crippen LogP contribution in [0.3, 0.4) is 0 Å². The average Bonchev–Trinajstić information content (AvgIpc) is 2.04. The molecule has 4 heteroatoms. The van der Waals surface area contributed by atoms with Crippen molar-refractivity contribution in [2.75, 3.05) is 24.7 Å². The zero-order valence-corrected chi connectivity index (χ0v) is 8.01. The number of anilines is 2. The van der Waals surface area contributed by atoms with Crippen LogP contribution >= 0.6 is 11.8 Å². The number of ether oxygens (including phenoxy) is 1. The highest BCUT2D eigenvalue weighted by Gasteiger charge is 2.19. The van der Waals surface area contributed by atoms with Gasteiger partial charge in [-0.2, -0.15) is 0 Å². The average molecular weight is 196 g/mol. The summed E-state index contributed by atoms with van der Waals surface area (Å²) in [6.45, 7) is 1.68. The van der Waals surface area contributed by atoms with Crippen LogP contribution in [0.25, 0.3) is 0 Å². The minimum atomic E-state index is 0.586. The van der Waals surface area contributed by atoms with Crippen molar-refractivity contribution in [3.05, 3.63) is 18.2 Å². The van der Waals surface area contributed by atoms with Gasteiger partial charge in [-0.1, -0.05) is 0 Å². The topological polar surface area (TPSA) is 61.3 Å². The Hall–Kier alpha value is -0.870. The Morgan fingerprint density at radius 3 is 2.54 bits per heavy atom. The molecule has 0 radical (unpaired) electrons. The molecular formula is C9H12N2OS. The minimum Gasteiger partial charge on any atom is -0.397 e. The molecule has 4 N–H and O–H groups in total. The van der Waals surface area contributed by atoms with Crippen LogP contribution in [0.4, 0.5) is 11.4 Å². The molecule has 0 atom stereocenters. The number of hydrogen-bond donors (Lipinski definition) is 2. The summed E-state index contributed by atoms with van der Waals surface area (Å²) in [5.74, 6) is 0. The van der Waals surface area contributed by atoms with E-state index in [-0.39, 0.29) is 0 Å². The lowest BCUT2D eigenvalue weighted by Crippen LogP contribution is -2.30. The fourth-order valence-electron chi connectivity index (χ4n) is 1.10. The van der Waals surface area contributed by atoms with E-state index in [0.717, 1.165) is 13.2 Å². The highest BCUT2D eigenvalue weighted by molar-refractivity contribution is 8.00. The molecule has 0 bridgehead atoms. The molecule has 0 spiro atoms. The molecule has 3 nitrogen and oxygen atoms in total. The van der Waals surface area contributed by atoms with Crippen molar-refractivity contribution in [2.45, 2.75) is 10.1 Å². The van der Waals surface area contributed by atoms with E-state index in [1.54, 1.807) is 11.8 Å². The molecular weight excluding hydrogens is 184 g/mol. The number of nitrogens with two attached hydrogens (primary N) is 2. The first-order valence-electron chi connectivity index (χ1n) is 4.15. The Morgan fingerprint density at radius 2 is 2.00 bits per heavy atom. The van der Waals surface area contributed by atoms with Crippen LogP contribution in [0.1, 0.15) is 0 Å². The number of rotatable bonds is 2. The van der Waals surface area contributed by atoms with E-state index in [1.165, 1.54) is 4.90 Å². The first-order chi connectivity index (χ1) is 6.25. The predicted molar refractivity (Wildman–Crippen MR) is 55.7 cm³/mol. The van der Waals surface area contributed by atoms with Crippen LogP contribution in [0.2, 0.25) is 0 Å². The molecule has 1 aliphatic heterocycles. The van der Waals surface area contributed by atoms with Crippen LogP contribution in [0.5, 0.6) is 0 Å². The van der Waals surface area contributed by atoms with Crippen LogP contribution in [0.15, 0.2) is 23.1 Å². The summed E-state index contributed by atoms with van der Waals surface area (Å²) in [4.78, 5) is 1.17. The van der Waals surface area contributed by atoms with Gasteiger partial charge in [0, 0.05) is 4.90 Å². The zero-order chi connectivity index (χ0) is 9.26. The molecule has 1 saturated heterocycles. The zero-order valence-electron chi connectivity index (χ0n) is 7.19. The van der Waals surface area contributed by atoms with E-state index < -0.39 is 0 Å². The van der Waals surface area contributed by atoms with Gasteiger partial charge < -0.3 is 16.2 Å². The molecule has 2 rings (SSSR count). The summed E-state index contributed by atoms with van der Waals surface area (Å²) >= 11 is 1.79. The van der Waals surface area contributed by atoms with Crippen LogP contribution in [-0.4, -0.2) is 18.5 Å². The lowest BCUT2D eigenvalue weighted by atomic mass is 10.3. The van der Waals surface area contributed by atoms with E-state index in [4.69, 9.17) is 16.2 Å². The van der Waals surface area contributed by atoms with Gasteiger partial charge in [-0.15, -0.1) is 11.8 Å².